The number of thiophene rings is 1. The predicted octanol–water partition coefficient (Wildman–Crippen LogP) is 2.86. The van der Waals surface area contributed by atoms with Gasteiger partial charge in [-0.1, -0.05) is 0 Å². The van der Waals surface area contributed by atoms with E-state index in [-0.39, 0.29) is 16.0 Å². The lowest BCUT2D eigenvalue weighted by atomic mass is 10.1. The quantitative estimate of drug-likeness (QED) is 0.757. The normalized spacial score (nSPS) is 11.8. The number of nitrogens with one attached hydrogen (secondary N) is 2. The standard InChI is InChI=1S/C17H20N2O5S2/c1-17(2,3)19-26(22,23)12-7-5-11(6-8-12)14(20)18-15-13(9-10-25-15)16(21)24-4/h5-10,19H,1-4H3,(H,18,20). The van der Waals surface area contributed by atoms with Crippen LogP contribution in [0.3, 0.4) is 0 Å². The van der Waals surface area contributed by atoms with Crippen LogP contribution in [0, 0.1) is 0 Å². The smallest absolute Gasteiger partial charge is 0.340 e. The Bertz CT molecular complexity index is 909. The van der Waals surface area contributed by atoms with Crippen LogP contribution in [0.15, 0.2) is 40.6 Å². The predicted molar refractivity (Wildman–Crippen MR) is 100 cm³/mol. The second-order valence-corrected chi connectivity index (χ2v) is 9.09. The van der Waals surface area contributed by atoms with Gasteiger partial charge in [-0.15, -0.1) is 11.3 Å². The molecule has 0 aliphatic heterocycles. The number of ether oxygens (including phenoxy) is 1. The minimum Gasteiger partial charge on any atom is -0.465 e. The first kappa shape index (κ1) is 20.1. The van der Waals surface area contributed by atoms with Gasteiger partial charge in [-0.2, -0.15) is 0 Å². The fourth-order valence-corrected chi connectivity index (χ4v) is 4.29. The molecule has 9 heteroatoms. The third-order valence-electron chi connectivity index (χ3n) is 3.16. The minimum atomic E-state index is -3.67. The molecule has 1 heterocycles. The van der Waals surface area contributed by atoms with E-state index < -0.39 is 27.4 Å². The topological polar surface area (TPSA) is 102 Å². The molecule has 0 spiro atoms. The van der Waals surface area contributed by atoms with Gasteiger partial charge in [0, 0.05) is 11.1 Å². The highest BCUT2D eigenvalue weighted by molar-refractivity contribution is 7.89. The van der Waals surface area contributed by atoms with Crippen LogP contribution in [0.4, 0.5) is 5.00 Å². The maximum Gasteiger partial charge on any atom is 0.340 e. The Hall–Kier alpha value is -2.23. The van der Waals surface area contributed by atoms with E-state index in [1.54, 1.807) is 32.2 Å². The number of hydrogen-bond acceptors (Lipinski definition) is 6. The van der Waals surface area contributed by atoms with Crippen molar-refractivity contribution in [1.82, 2.24) is 4.72 Å². The summed E-state index contributed by atoms with van der Waals surface area (Å²) in [6, 6.07) is 7.10. The van der Waals surface area contributed by atoms with Crippen LogP contribution in [0.5, 0.6) is 0 Å². The third-order valence-corrected chi connectivity index (χ3v) is 5.77. The summed E-state index contributed by atoms with van der Waals surface area (Å²) >= 11 is 1.19. The fraction of sp³-hybridized carbons (Fsp3) is 0.294. The van der Waals surface area contributed by atoms with E-state index in [4.69, 9.17) is 0 Å². The molecule has 0 fully saturated rings. The highest BCUT2D eigenvalue weighted by Crippen LogP contribution is 2.25. The van der Waals surface area contributed by atoms with Gasteiger partial charge in [0.25, 0.3) is 5.91 Å². The highest BCUT2D eigenvalue weighted by Gasteiger charge is 2.22. The largest absolute Gasteiger partial charge is 0.465 e. The second kappa shape index (κ2) is 7.56. The summed E-state index contributed by atoms with van der Waals surface area (Å²) in [4.78, 5) is 24.1. The summed E-state index contributed by atoms with van der Waals surface area (Å²) in [7, 11) is -2.41. The van der Waals surface area contributed by atoms with Crippen molar-refractivity contribution in [1.29, 1.82) is 0 Å². The van der Waals surface area contributed by atoms with Crippen molar-refractivity contribution >= 4 is 38.2 Å². The summed E-state index contributed by atoms with van der Waals surface area (Å²) < 4.78 is 31.8. The van der Waals surface area contributed by atoms with Crippen molar-refractivity contribution < 1.29 is 22.7 Å². The summed E-state index contributed by atoms with van der Waals surface area (Å²) in [5.74, 6) is -0.999. The monoisotopic (exact) mass is 396 g/mol. The third kappa shape index (κ3) is 4.90. The van der Waals surface area contributed by atoms with Gasteiger partial charge in [0.2, 0.25) is 10.0 Å². The summed E-state index contributed by atoms with van der Waals surface area (Å²) in [5.41, 5.74) is -0.0819. The number of hydrogen-bond donors (Lipinski definition) is 2. The van der Waals surface area contributed by atoms with Crippen LogP contribution < -0.4 is 10.0 Å². The molecule has 0 bridgehead atoms. The fourth-order valence-electron chi connectivity index (χ4n) is 2.10. The van der Waals surface area contributed by atoms with Crippen molar-refractivity contribution in [2.24, 2.45) is 0 Å². The second-order valence-electron chi connectivity index (χ2n) is 6.49. The van der Waals surface area contributed by atoms with Crippen molar-refractivity contribution in [3.63, 3.8) is 0 Å². The molecule has 2 aromatic rings. The molecule has 0 radical (unpaired) electrons. The number of benzene rings is 1. The molecule has 2 rings (SSSR count). The van der Waals surface area contributed by atoms with Gasteiger partial charge in [0.15, 0.2) is 0 Å². The first-order chi connectivity index (χ1) is 12.0. The number of carbonyl (C=O) groups is 2. The molecular formula is C17H20N2O5S2. The van der Waals surface area contributed by atoms with Crippen molar-refractivity contribution in [2.45, 2.75) is 31.2 Å². The van der Waals surface area contributed by atoms with Gasteiger partial charge in [-0.05, 0) is 56.5 Å². The maximum absolute atomic E-state index is 12.3. The Balaban J connectivity index is 2.17. The Morgan fingerprint density at radius 2 is 1.69 bits per heavy atom. The molecule has 0 aliphatic carbocycles. The van der Waals surface area contributed by atoms with E-state index in [1.807, 2.05) is 0 Å². The van der Waals surface area contributed by atoms with Crippen LogP contribution in [0.1, 0.15) is 41.5 Å². The van der Waals surface area contributed by atoms with E-state index in [1.165, 1.54) is 42.7 Å². The molecule has 0 saturated heterocycles. The average molecular weight is 396 g/mol. The van der Waals surface area contributed by atoms with Gasteiger partial charge in [-0.25, -0.2) is 17.9 Å². The lowest BCUT2D eigenvalue weighted by Crippen LogP contribution is -2.40. The number of anilines is 1. The molecule has 0 atom stereocenters. The van der Waals surface area contributed by atoms with Crippen LogP contribution in [0.2, 0.25) is 0 Å². The van der Waals surface area contributed by atoms with Crippen LogP contribution in [-0.2, 0) is 14.8 Å². The molecule has 2 N–H and O–H groups in total. The van der Waals surface area contributed by atoms with E-state index in [0.29, 0.717) is 5.00 Å². The lowest BCUT2D eigenvalue weighted by Gasteiger charge is -2.20. The van der Waals surface area contributed by atoms with Gasteiger partial charge < -0.3 is 10.1 Å². The SMILES string of the molecule is COC(=O)c1ccsc1NC(=O)c1ccc(S(=O)(=O)NC(C)(C)C)cc1. The van der Waals surface area contributed by atoms with Gasteiger partial charge in [0.05, 0.1) is 17.6 Å². The molecule has 0 saturated carbocycles. The molecular weight excluding hydrogens is 376 g/mol. The molecule has 1 aromatic carbocycles. The van der Waals surface area contributed by atoms with Gasteiger partial charge in [-0.3, -0.25) is 4.79 Å². The maximum atomic E-state index is 12.3. The van der Waals surface area contributed by atoms with E-state index in [0.717, 1.165) is 0 Å². The number of sulfonamides is 1. The molecule has 1 aromatic heterocycles. The Kier molecular flexibility index (Phi) is 5.84. The molecule has 140 valence electrons. The van der Waals surface area contributed by atoms with Crippen molar-refractivity contribution in [3.05, 3.63) is 46.8 Å². The molecule has 26 heavy (non-hydrogen) atoms. The molecule has 0 unspecified atom stereocenters. The van der Waals surface area contributed by atoms with Crippen LogP contribution in [0.25, 0.3) is 0 Å². The van der Waals surface area contributed by atoms with Crippen LogP contribution >= 0.6 is 11.3 Å². The summed E-state index contributed by atoms with van der Waals surface area (Å²) in [5, 5.41) is 4.66. The zero-order valence-corrected chi connectivity index (χ0v) is 16.5. The average Bonchev–Trinajstić information content (AvgIpc) is 3.00. The van der Waals surface area contributed by atoms with E-state index in [9.17, 15) is 18.0 Å². The summed E-state index contributed by atoms with van der Waals surface area (Å²) in [6.07, 6.45) is 0. The first-order valence-corrected chi connectivity index (χ1v) is 10.0. The first-order valence-electron chi connectivity index (χ1n) is 7.65. The Labute approximate surface area is 156 Å². The zero-order chi connectivity index (χ0) is 19.5. The number of rotatable bonds is 5. The van der Waals surface area contributed by atoms with Crippen molar-refractivity contribution in [3.8, 4) is 0 Å². The Morgan fingerprint density at radius 3 is 2.23 bits per heavy atom. The van der Waals surface area contributed by atoms with Crippen molar-refractivity contribution in [2.75, 3.05) is 12.4 Å². The van der Waals surface area contributed by atoms with E-state index in [2.05, 4.69) is 14.8 Å². The van der Waals surface area contributed by atoms with E-state index >= 15 is 0 Å². The highest BCUT2D eigenvalue weighted by atomic mass is 32.2. The molecule has 1 amide bonds. The van der Waals surface area contributed by atoms with Gasteiger partial charge in [0.1, 0.15) is 5.00 Å². The summed E-state index contributed by atoms with van der Waals surface area (Å²) in [6.45, 7) is 5.23. The lowest BCUT2D eigenvalue weighted by molar-refractivity contribution is 0.0602. The zero-order valence-electron chi connectivity index (χ0n) is 14.8. The van der Waals surface area contributed by atoms with Crippen LogP contribution in [-0.4, -0.2) is 32.9 Å². The number of amides is 1. The van der Waals surface area contributed by atoms with Gasteiger partial charge >= 0.3 is 5.97 Å². The number of methoxy groups -OCH3 is 1. The minimum absolute atomic E-state index is 0.0651. The number of carbonyl (C=O) groups excluding carboxylic acids is 2. The molecule has 7 nitrogen and oxygen atoms in total. The molecule has 0 aliphatic rings. The Morgan fingerprint density at radius 1 is 1.08 bits per heavy atom. The number of esters is 1.